The van der Waals surface area contributed by atoms with E-state index in [0.717, 1.165) is 5.56 Å². The van der Waals surface area contributed by atoms with E-state index in [9.17, 15) is 9.59 Å². The average molecular weight is 341 g/mol. The Hall–Kier alpha value is -1.01. The number of hydrogen-bond acceptors (Lipinski definition) is 3. The summed E-state index contributed by atoms with van der Waals surface area (Å²) in [4.78, 5) is 22.2. The summed E-state index contributed by atoms with van der Waals surface area (Å²) >= 11 is 11.7. The second kappa shape index (κ2) is 9.83. The highest BCUT2D eigenvalue weighted by Gasteiger charge is 2.04. The third-order valence-corrected chi connectivity index (χ3v) is 2.73. The maximum atomic E-state index is 11.4. The molecule has 4 N–H and O–H groups in total. The van der Waals surface area contributed by atoms with Crippen LogP contribution in [0.5, 0.6) is 0 Å². The second-order valence-corrected chi connectivity index (χ2v) is 4.73. The van der Waals surface area contributed by atoms with Gasteiger partial charge in [-0.3, -0.25) is 9.59 Å². The Morgan fingerprint density at radius 2 is 1.65 bits per heavy atom. The minimum atomic E-state index is -0.364. The fraction of sp³-hybridized carbons (Fsp3) is 0.333. The van der Waals surface area contributed by atoms with Crippen molar-refractivity contribution in [3.05, 3.63) is 33.8 Å². The molecule has 0 aliphatic heterocycles. The van der Waals surface area contributed by atoms with E-state index < -0.39 is 0 Å². The molecule has 0 aliphatic carbocycles. The summed E-state index contributed by atoms with van der Waals surface area (Å²) in [6.07, 6.45) is 0.608. The number of nitrogens with one attached hydrogen (secondary N) is 2. The first kappa shape index (κ1) is 19.0. The monoisotopic (exact) mass is 339 g/mol. The minimum absolute atomic E-state index is 0. The van der Waals surface area contributed by atoms with E-state index in [1.54, 1.807) is 18.2 Å². The third-order valence-electron chi connectivity index (χ3n) is 2.29. The average Bonchev–Trinajstić information content (AvgIpc) is 2.34. The van der Waals surface area contributed by atoms with Crippen LogP contribution in [0.15, 0.2) is 18.2 Å². The number of amides is 2. The van der Waals surface area contributed by atoms with E-state index in [4.69, 9.17) is 28.9 Å². The number of carbonyl (C=O) groups excluding carboxylic acids is 2. The molecule has 112 valence electrons. The maximum absolute atomic E-state index is 11.4. The number of nitrogens with two attached hydrogens (primary N) is 1. The van der Waals surface area contributed by atoms with Crippen molar-refractivity contribution in [2.24, 2.45) is 5.73 Å². The van der Waals surface area contributed by atoms with Gasteiger partial charge in [0, 0.05) is 16.6 Å². The van der Waals surface area contributed by atoms with Gasteiger partial charge >= 0.3 is 0 Å². The Bertz CT molecular complexity index is 449. The fourth-order valence-electron chi connectivity index (χ4n) is 1.42. The number of carbonyl (C=O) groups is 2. The molecule has 2 amide bonds. The van der Waals surface area contributed by atoms with Crippen LogP contribution in [0.1, 0.15) is 5.56 Å². The van der Waals surface area contributed by atoms with Crippen molar-refractivity contribution in [1.29, 1.82) is 0 Å². The van der Waals surface area contributed by atoms with E-state index >= 15 is 0 Å². The molecule has 0 atom stereocenters. The maximum Gasteiger partial charge on any atom is 0.239 e. The lowest BCUT2D eigenvalue weighted by atomic mass is 10.1. The smallest absolute Gasteiger partial charge is 0.239 e. The fourth-order valence-corrected chi connectivity index (χ4v) is 1.99. The van der Waals surface area contributed by atoms with Crippen LogP contribution in [-0.4, -0.2) is 31.4 Å². The van der Waals surface area contributed by atoms with Crippen LogP contribution in [0.2, 0.25) is 10.0 Å². The molecular formula is C12H16Cl3N3O2. The largest absolute Gasteiger partial charge is 0.354 e. The zero-order valence-corrected chi connectivity index (χ0v) is 12.9. The molecule has 1 aromatic rings. The predicted molar refractivity (Wildman–Crippen MR) is 82.5 cm³/mol. The Kier molecular flexibility index (Phi) is 9.33. The van der Waals surface area contributed by atoms with E-state index in [1.165, 1.54) is 0 Å². The lowest BCUT2D eigenvalue weighted by molar-refractivity contribution is -0.125. The molecule has 0 spiro atoms. The second-order valence-electron chi connectivity index (χ2n) is 3.86. The van der Waals surface area contributed by atoms with E-state index in [1.807, 2.05) is 0 Å². The van der Waals surface area contributed by atoms with Crippen LogP contribution in [-0.2, 0) is 16.0 Å². The Morgan fingerprint density at radius 3 is 2.20 bits per heavy atom. The van der Waals surface area contributed by atoms with Gasteiger partial charge in [0.15, 0.2) is 0 Å². The van der Waals surface area contributed by atoms with Gasteiger partial charge in [0.1, 0.15) is 0 Å². The van der Waals surface area contributed by atoms with Gasteiger partial charge in [0.2, 0.25) is 11.8 Å². The highest BCUT2D eigenvalue weighted by molar-refractivity contribution is 6.34. The first-order chi connectivity index (χ1) is 9.01. The van der Waals surface area contributed by atoms with Crippen molar-refractivity contribution in [2.45, 2.75) is 6.42 Å². The zero-order valence-electron chi connectivity index (χ0n) is 10.6. The number of rotatable bonds is 6. The number of benzene rings is 1. The molecule has 1 rings (SSSR count). The lowest BCUT2D eigenvalue weighted by Crippen LogP contribution is -2.40. The third kappa shape index (κ3) is 7.55. The highest BCUT2D eigenvalue weighted by Crippen LogP contribution is 2.19. The molecular weight excluding hydrogens is 325 g/mol. The summed E-state index contributed by atoms with van der Waals surface area (Å²) in [7, 11) is 0. The first-order valence-corrected chi connectivity index (χ1v) is 6.45. The number of halogens is 3. The standard InChI is InChI=1S/C12H15Cl2N3O2.ClH/c13-9-3-8(4-10(14)5-9)1-2-16-12(19)7-17-11(18)6-15;/h3-5H,1-2,6-7,15H2,(H,16,19)(H,17,18);1H. The summed E-state index contributed by atoms with van der Waals surface area (Å²) < 4.78 is 0. The molecule has 0 radical (unpaired) electrons. The molecule has 1 aromatic carbocycles. The molecule has 5 nitrogen and oxygen atoms in total. The van der Waals surface area contributed by atoms with Crippen molar-refractivity contribution in [2.75, 3.05) is 19.6 Å². The van der Waals surface area contributed by atoms with Gasteiger partial charge in [-0.15, -0.1) is 12.4 Å². The molecule has 20 heavy (non-hydrogen) atoms. The molecule has 0 aromatic heterocycles. The summed E-state index contributed by atoms with van der Waals surface area (Å²) in [5.41, 5.74) is 6.03. The van der Waals surface area contributed by atoms with Crippen LogP contribution in [0, 0.1) is 0 Å². The first-order valence-electron chi connectivity index (χ1n) is 5.69. The molecule has 0 bridgehead atoms. The topological polar surface area (TPSA) is 84.2 Å². The van der Waals surface area contributed by atoms with Crippen LogP contribution in [0.3, 0.4) is 0 Å². The van der Waals surface area contributed by atoms with E-state index in [2.05, 4.69) is 10.6 Å². The van der Waals surface area contributed by atoms with Gasteiger partial charge in [-0.05, 0) is 30.2 Å². The van der Waals surface area contributed by atoms with Crippen LogP contribution in [0.25, 0.3) is 0 Å². The van der Waals surface area contributed by atoms with Crippen molar-refractivity contribution < 1.29 is 9.59 Å². The Morgan fingerprint density at radius 1 is 1.05 bits per heavy atom. The van der Waals surface area contributed by atoms with Gasteiger partial charge in [-0.2, -0.15) is 0 Å². The van der Waals surface area contributed by atoms with Gasteiger partial charge in [-0.25, -0.2) is 0 Å². The van der Waals surface area contributed by atoms with Crippen molar-refractivity contribution in [1.82, 2.24) is 10.6 Å². The minimum Gasteiger partial charge on any atom is -0.354 e. The summed E-state index contributed by atoms with van der Waals surface area (Å²) in [5, 5.41) is 6.17. The van der Waals surface area contributed by atoms with Crippen LogP contribution >= 0.6 is 35.6 Å². The normalized spacial score (nSPS) is 9.55. The van der Waals surface area contributed by atoms with Gasteiger partial charge in [0.25, 0.3) is 0 Å². The highest BCUT2D eigenvalue weighted by atomic mass is 35.5. The summed E-state index contributed by atoms with van der Waals surface area (Å²) in [6.45, 7) is 0.231. The van der Waals surface area contributed by atoms with E-state index in [0.29, 0.717) is 23.0 Å². The zero-order chi connectivity index (χ0) is 14.3. The van der Waals surface area contributed by atoms with Gasteiger partial charge < -0.3 is 16.4 Å². The Balaban J connectivity index is 0.00000361. The molecule has 8 heteroatoms. The van der Waals surface area contributed by atoms with Crippen molar-refractivity contribution >= 4 is 47.4 Å². The lowest BCUT2D eigenvalue weighted by Gasteiger charge is -2.07. The van der Waals surface area contributed by atoms with Crippen LogP contribution < -0.4 is 16.4 Å². The SMILES string of the molecule is Cl.NCC(=O)NCC(=O)NCCc1cc(Cl)cc(Cl)c1. The number of hydrogen-bond donors (Lipinski definition) is 3. The van der Waals surface area contributed by atoms with Crippen LogP contribution in [0.4, 0.5) is 0 Å². The van der Waals surface area contributed by atoms with Crippen molar-refractivity contribution in [3.63, 3.8) is 0 Å². The molecule has 0 unspecified atom stereocenters. The molecule has 0 heterocycles. The summed E-state index contributed by atoms with van der Waals surface area (Å²) in [5.74, 6) is -0.633. The molecule has 0 fully saturated rings. The molecule has 0 saturated carbocycles. The van der Waals surface area contributed by atoms with E-state index in [-0.39, 0.29) is 37.3 Å². The van der Waals surface area contributed by atoms with Crippen molar-refractivity contribution in [3.8, 4) is 0 Å². The predicted octanol–water partition coefficient (Wildman–Crippen LogP) is 1.15. The van der Waals surface area contributed by atoms with Gasteiger partial charge in [-0.1, -0.05) is 23.2 Å². The molecule has 0 saturated heterocycles. The quantitative estimate of drug-likeness (QED) is 0.726. The Labute approximate surface area is 133 Å². The summed E-state index contributed by atoms with van der Waals surface area (Å²) in [6, 6.07) is 5.22. The van der Waals surface area contributed by atoms with Gasteiger partial charge in [0.05, 0.1) is 13.1 Å². The molecule has 0 aliphatic rings.